The molecule has 1 aromatic rings. The molecule has 138 valence electrons. The summed E-state index contributed by atoms with van der Waals surface area (Å²) in [6.45, 7) is 6.53. The van der Waals surface area contributed by atoms with Gasteiger partial charge in [-0.15, -0.1) is 0 Å². The topological polar surface area (TPSA) is 77.9 Å². The summed E-state index contributed by atoms with van der Waals surface area (Å²) in [5.74, 6) is -1.07. The van der Waals surface area contributed by atoms with E-state index in [4.69, 9.17) is 0 Å². The van der Waals surface area contributed by atoms with Gasteiger partial charge < -0.3 is 5.11 Å². The average molecular weight is 366 g/mol. The van der Waals surface area contributed by atoms with Gasteiger partial charge in [0, 0.05) is 32.2 Å². The number of hydrogen-bond donors (Lipinski definition) is 1. The van der Waals surface area contributed by atoms with Gasteiger partial charge in [0.2, 0.25) is 10.0 Å². The van der Waals surface area contributed by atoms with E-state index >= 15 is 0 Å². The van der Waals surface area contributed by atoms with Gasteiger partial charge in [-0.2, -0.15) is 4.31 Å². The van der Waals surface area contributed by atoms with Crippen molar-refractivity contribution in [2.45, 2.75) is 50.5 Å². The van der Waals surface area contributed by atoms with Crippen LogP contribution >= 0.6 is 0 Å². The first-order valence-corrected chi connectivity index (χ1v) is 10.4. The van der Waals surface area contributed by atoms with Crippen molar-refractivity contribution in [1.82, 2.24) is 9.21 Å². The van der Waals surface area contributed by atoms with E-state index in [1.165, 1.54) is 10.4 Å². The van der Waals surface area contributed by atoms with Crippen LogP contribution < -0.4 is 0 Å². The third kappa shape index (κ3) is 3.59. The maximum atomic E-state index is 13.2. The smallest absolute Gasteiger partial charge is 0.335 e. The molecule has 0 saturated carbocycles. The summed E-state index contributed by atoms with van der Waals surface area (Å²) in [7, 11) is -3.67. The third-order valence-electron chi connectivity index (χ3n) is 5.29. The Kier molecular flexibility index (Phi) is 5.18. The predicted molar refractivity (Wildman–Crippen MR) is 95.5 cm³/mol. The number of piperazine rings is 1. The molecule has 0 atom stereocenters. The van der Waals surface area contributed by atoms with Gasteiger partial charge in [-0.1, -0.05) is 0 Å². The van der Waals surface area contributed by atoms with Crippen molar-refractivity contribution in [3.8, 4) is 0 Å². The number of hydrogen-bond acceptors (Lipinski definition) is 4. The lowest BCUT2D eigenvalue weighted by Gasteiger charge is -2.36. The maximum Gasteiger partial charge on any atom is 0.335 e. The second-order valence-electron chi connectivity index (χ2n) is 7.16. The zero-order valence-electron chi connectivity index (χ0n) is 14.9. The fourth-order valence-corrected chi connectivity index (χ4v) is 5.52. The molecule has 7 heteroatoms. The van der Waals surface area contributed by atoms with Crippen LogP contribution in [0.3, 0.4) is 0 Å². The minimum absolute atomic E-state index is 0.0695. The largest absolute Gasteiger partial charge is 0.478 e. The molecule has 1 aromatic carbocycles. The van der Waals surface area contributed by atoms with E-state index in [1.54, 1.807) is 6.07 Å². The Bertz CT molecular complexity index is 766. The number of carboxylic acid groups (broad SMARTS) is 1. The maximum absolute atomic E-state index is 13.2. The molecular formula is C18H26N2O4S. The molecule has 25 heavy (non-hydrogen) atoms. The Morgan fingerprint density at radius 3 is 2.32 bits per heavy atom. The van der Waals surface area contributed by atoms with Gasteiger partial charge in [0.05, 0.1) is 10.5 Å². The van der Waals surface area contributed by atoms with E-state index in [9.17, 15) is 18.3 Å². The van der Waals surface area contributed by atoms with Crippen LogP contribution in [-0.2, 0) is 22.9 Å². The summed E-state index contributed by atoms with van der Waals surface area (Å²) >= 11 is 0. The summed E-state index contributed by atoms with van der Waals surface area (Å²) < 4.78 is 28.0. The van der Waals surface area contributed by atoms with Crippen molar-refractivity contribution in [1.29, 1.82) is 0 Å². The van der Waals surface area contributed by atoms with E-state index in [-0.39, 0.29) is 10.5 Å². The van der Waals surface area contributed by atoms with Crippen LogP contribution in [0.15, 0.2) is 17.0 Å². The molecule has 3 rings (SSSR count). The second-order valence-corrected chi connectivity index (χ2v) is 9.06. The molecule has 1 fully saturated rings. The molecule has 0 unspecified atom stereocenters. The molecule has 1 aliphatic carbocycles. The van der Waals surface area contributed by atoms with Crippen LogP contribution in [0.5, 0.6) is 0 Å². The summed E-state index contributed by atoms with van der Waals surface area (Å²) in [4.78, 5) is 13.9. The van der Waals surface area contributed by atoms with Crippen LogP contribution in [0, 0.1) is 0 Å². The van der Waals surface area contributed by atoms with E-state index < -0.39 is 16.0 Å². The summed E-state index contributed by atoms with van der Waals surface area (Å²) in [5, 5.41) is 9.37. The Labute approximate surface area is 149 Å². The van der Waals surface area contributed by atoms with Crippen LogP contribution in [0.2, 0.25) is 0 Å². The van der Waals surface area contributed by atoms with Gasteiger partial charge in [-0.3, -0.25) is 4.90 Å². The van der Waals surface area contributed by atoms with Gasteiger partial charge in [-0.25, -0.2) is 13.2 Å². The number of benzene rings is 1. The SMILES string of the molecule is CC(C)N1CCN(S(=O)(=O)c2cc(C(=O)O)cc3c2CCCC3)CC1. The third-order valence-corrected chi connectivity index (χ3v) is 7.26. The minimum atomic E-state index is -3.67. The average Bonchev–Trinajstić information content (AvgIpc) is 2.60. The predicted octanol–water partition coefficient (Wildman–Crippen LogP) is 1.98. The fraction of sp³-hybridized carbons (Fsp3) is 0.611. The highest BCUT2D eigenvalue weighted by Crippen LogP contribution is 2.31. The van der Waals surface area contributed by atoms with Gasteiger partial charge in [0.15, 0.2) is 0 Å². The van der Waals surface area contributed by atoms with Crippen molar-refractivity contribution in [2.75, 3.05) is 26.2 Å². The molecule has 0 spiro atoms. The summed E-state index contributed by atoms with van der Waals surface area (Å²) in [6.07, 6.45) is 3.38. The summed E-state index contributed by atoms with van der Waals surface area (Å²) in [5.41, 5.74) is 1.77. The van der Waals surface area contributed by atoms with Crippen LogP contribution in [-0.4, -0.2) is 60.9 Å². The number of rotatable bonds is 4. The number of aryl methyl sites for hydroxylation is 1. The van der Waals surface area contributed by atoms with E-state index in [2.05, 4.69) is 18.7 Å². The first kappa shape index (κ1) is 18.4. The first-order valence-electron chi connectivity index (χ1n) is 8.94. The van der Waals surface area contributed by atoms with Gasteiger partial charge >= 0.3 is 5.97 Å². The molecule has 1 aliphatic heterocycles. The molecule has 0 radical (unpaired) electrons. The van der Waals surface area contributed by atoms with Crippen molar-refractivity contribution < 1.29 is 18.3 Å². The van der Waals surface area contributed by atoms with Gasteiger partial charge in [-0.05, 0) is 62.8 Å². The van der Waals surface area contributed by atoms with Crippen LogP contribution in [0.25, 0.3) is 0 Å². The fourth-order valence-electron chi connectivity index (χ4n) is 3.78. The molecule has 1 heterocycles. The lowest BCUT2D eigenvalue weighted by Crippen LogP contribution is -2.50. The summed E-state index contributed by atoms with van der Waals surface area (Å²) in [6, 6.07) is 3.40. The second kappa shape index (κ2) is 7.05. The molecule has 1 N–H and O–H groups in total. The van der Waals surface area contributed by atoms with E-state index in [1.807, 2.05) is 0 Å². The number of carboxylic acids is 1. The minimum Gasteiger partial charge on any atom is -0.478 e. The molecule has 1 saturated heterocycles. The molecule has 2 aliphatic rings. The molecule has 0 aromatic heterocycles. The first-order chi connectivity index (χ1) is 11.8. The highest BCUT2D eigenvalue weighted by molar-refractivity contribution is 7.89. The monoisotopic (exact) mass is 366 g/mol. The van der Waals surface area contributed by atoms with Gasteiger partial charge in [0.25, 0.3) is 0 Å². The zero-order valence-corrected chi connectivity index (χ0v) is 15.7. The van der Waals surface area contributed by atoms with Crippen molar-refractivity contribution >= 4 is 16.0 Å². The van der Waals surface area contributed by atoms with Crippen LogP contribution in [0.4, 0.5) is 0 Å². The zero-order chi connectivity index (χ0) is 18.2. The lowest BCUT2D eigenvalue weighted by atomic mass is 9.90. The number of aromatic carboxylic acids is 1. The van der Waals surface area contributed by atoms with Gasteiger partial charge in [0.1, 0.15) is 0 Å². The Balaban J connectivity index is 1.97. The number of nitrogens with zero attached hydrogens (tertiary/aromatic N) is 2. The van der Waals surface area contributed by atoms with E-state index in [0.29, 0.717) is 38.6 Å². The number of fused-ring (bicyclic) bond motifs is 1. The number of sulfonamides is 1. The normalized spacial score (nSPS) is 19.8. The molecule has 6 nitrogen and oxygen atoms in total. The Morgan fingerprint density at radius 1 is 1.08 bits per heavy atom. The Morgan fingerprint density at radius 2 is 1.72 bits per heavy atom. The highest BCUT2D eigenvalue weighted by Gasteiger charge is 2.33. The number of carbonyl (C=O) groups is 1. The highest BCUT2D eigenvalue weighted by atomic mass is 32.2. The van der Waals surface area contributed by atoms with Crippen molar-refractivity contribution in [3.63, 3.8) is 0 Å². The molecule has 0 amide bonds. The quantitative estimate of drug-likeness (QED) is 0.882. The Hall–Kier alpha value is -1.44. The lowest BCUT2D eigenvalue weighted by molar-refractivity contribution is 0.0696. The standard InChI is InChI=1S/C18H26N2O4S/c1-13(2)19-7-9-20(10-8-19)25(23,24)17-12-15(18(21)22)11-14-5-3-4-6-16(14)17/h11-13H,3-10H2,1-2H3,(H,21,22). The van der Waals surface area contributed by atoms with Crippen molar-refractivity contribution in [2.24, 2.45) is 0 Å². The molecule has 0 bridgehead atoms. The van der Waals surface area contributed by atoms with E-state index in [0.717, 1.165) is 30.4 Å². The molecular weight excluding hydrogens is 340 g/mol. The van der Waals surface area contributed by atoms with Crippen molar-refractivity contribution in [3.05, 3.63) is 28.8 Å². The van der Waals surface area contributed by atoms with Crippen LogP contribution in [0.1, 0.15) is 48.2 Å².